The molecule has 7 nitrogen and oxygen atoms in total. The monoisotopic (exact) mass is 388 g/mol. The highest BCUT2D eigenvalue weighted by molar-refractivity contribution is 5.86. The number of ether oxygens (including phenoxy) is 1. The van der Waals surface area contributed by atoms with Gasteiger partial charge in [0.2, 0.25) is 0 Å². The van der Waals surface area contributed by atoms with Gasteiger partial charge >= 0.3 is 5.63 Å². The summed E-state index contributed by atoms with van der Waals surface area (Å²) >= 11 is 0. The molecule has 0 aliphatic heterocycles. The number of aryl methyl sites for hydroxylation is 1. The number of carboxylic acids is 1. The topological polar surface area (TPSA) is 109 Å². The van der Waals surface area contributed by atoms with Gasteiger partial charge in [-0.05, 0) is 43.9 Å². The van der Waals surface area contributed by atoms with Crippen LogP contribution in [0.1, 0.15) is 52.0 Å². The summed E-state index contributed by atoms with van der Waals surface area (Å²) in [5, 5.41) is 14.3. The van der Waals surface area contributed by atoms with Crippen molar-refractivity contribution in [3.8, 4) is 5.75 Å². The van der Waals surface area contributed by atoms with Crippen molar-refractivity contribution in [3.63, 3.8) is 0 Å². The highest BCUT2D eigenvalue weighted by Crippen LogP contribution is 2.24. The predicted octanol–water partition coefficient (Wildman–Crippen LogP) is 1.94. The molecule has 0 saturated heterocycles. The fraction of sp³-hybridized carbons (Fsp3) is 0.476. The fourth-order valence-corrected chi connectivity index (χ4v) is 2.94. The Kier molecular flexibility index (Phi) is 7.61. The minimum absolute atomic E-state index is 0.280. The highest BCUT2D eigenvalue weighted by Gasteiger charge is 2.20. The van der Waals surface area contributed by atoms with Gasteiger partial charge in [-0.2, -0.15) is 0 Å². The number of carboxylic acid groups (broad SMARTS) is 1. The van der Waals surface area contributed by atoms with Crippen LogP contribution in [0.25, 0.3) is 11.0 Å². The molecule has 2 rings (SSSR count). The number of unbranched alkanes of at least 4 members (excludes halogenated alkanes) is 1. The maximum atomic E-state index is 12.2. The van der Waals surface area contributed by atoms with Gasteiger partial charge in [-0.15, -0.1) is 0 Å². The van der Waals surface area contributed by atoms with Crippen LogP contribution < -0.4 is 20.8 Å². The molecule has 2 aromatic rings. The molecule has 0 saturated carbocycles. The summed E-state index contributed by atoms with van der Waals surface area (Å²) in [5.74, 6) is -1.53. The first-order valence-corrected chi connectivity index (χ1v) is 9.60. The summed E-state index contributed by atoms with van der Waals surface area (Å²) in [5.41, 5.74) is 0.877. The van der Waals surface area contributed by atoms with Gasteiger partial charge in [-0.3, -0.25) is 4.79 Å². The molecule has 0 unspecified atom stereocenters. The lowest BCUT2D eigenvalue weighted by Gasteiger charge is -2.22. The number of rotatable bonds is 10. The fourth-order valence-electron chi connectivity index (χ4n) is 2.94. The van der Waals surface area contributed by atoms with Crippen LogP contribution in [-0.4, -0.2) is 24.0 Å². The molecule has 1 heterocycles. The van der Waals surface area contributed by atoms with E-state index in [0.717, 1.165) is 30.2 Å². The van der Waals surface area contributed by atoms with E-state index in [-0.39, 0.29) is 6.42 Å². The summed E-state index contributed by atoms with van der Waals surface area (Å²) in [6, 6.07) is 5.51. The van der Waals surface area contributed by atoms with Crippen LogP contribution in [0, 0.1) is 0 Å². The van der Waals surface area contributed by atoms with Crippen LogP contribution >= 0.6 is 0 Å². The van der Waals surface area contributed by atoms with Crippen molar-refractivity contribution >= 4 is 22.8 Å². The van der Waals surface area contributed by atoms with Crippen molar-refractivity contribution in [3.05, 3.63) is 40.2 Å². The minimum atomic E-state index is -1.32. The van der Waals surface area contributed by atoms with E-state index in [1.54, 1.807) is 18.2 Å². The number of fused-ring (bicyclic) bond motifs is 1. The van der Waals surface area contributed by atoms with Crippen LogP contribution in [0.15, 0.2) is 33.5 Å². The van der Waals surface area contributed by atoms with Gasteiger partial charge in [0.05, 0.1) is 12.0 Å². The third-order valence-electron chi connectivity index (χ3n) is 4.46. The third-order valence-corrected chi connectivity index (χ3v) is 4.46. The summed E-state index contributed by atoms with van der Waals surface area (Å²) in [4.78, 5) is 35.1. The Bertz CT molecular complexity index is 888. The Morgan fingerprint density at radius 2 is 1.96 bits per heavy atom. The second-order valence-electron chi connectivity index (χ2n) is 6.78. The number of amides is 1. The SMILES string of the molecule is CCCCc1cc(=O)oc2cc(O[C@@H](C)C(=O)N[C@@H](CCC)C(=O)[O-])ccc12. The second-order valence-corrected chi connectivity index (χ2v) is 6.78. The maximum Gasteiger partial charge on any atom is 0.336 e. The molecule has 0 bridgehead atoms. The third kappa shape index (κ3) is 5.58. The molecule has 1 N–H and O–H groups in total. The first-order chi connectivity index (χ1) is 13.3. The second kappa shape index (κ2) is 9.92. The molecular formula is C21H26NO6-. The minimum Gasteiger partial charge on any atom is -0.548 e. The molecule has 2 atom stereocenters. The van der Waals surface area contributed by atoms with E-state index in [2.05, 4.69) is 12.2 Å². The van der Waals surface area contributed by atoms with E-state index in [4.69, 9.17) is 9.15 Å². The maximum absolute atomic E-state index is 12.2. The zero-order valence-electron chi connectivity index (χ0n) is 16.4. The van der Waals surface area contributed by atoms with Gasteiger partial charge < -0.3 is 24.4 Å². The first kappa shape index (κ1) is 21.5. The van der Waals surface area contributed by atoms with Crippen molar-refractivity contribution in [1.82, 2.24) is 5.32 Å². The van der Waals surface area contributed by atoms with Crippen LogP contribution in [0.4, 0.5) is 0 Å². The van der Waals surface area contributed by atoms with Crippen LogP contribution in [0.2, 0.25) is 0 Å². The Morgan fingerprint density at radius 1 is 1.21 bits per heavy atom. The van der Waals surface area contributed by atoms with Crippen LogP contribution in [0.5, 0.6) is 5.75 Å². The molecule has 1 amide bonds. The summed E-state index contributed by atoms with van der Waals surface area (Å²) in [6.45, 7) is 5.42. The molecule has 28 heavy (non-hydrogen) atoms. The number of carbonyl (C=O) groups excluding carboxylic acids is 2. The molecule has 0 aliphatic carbocycles. The molecule has 152 valence electrons. The molecule has 0 aliphatic rings. The Morgan fingerprint density at radius 3 is 2.61 bits per heavy atom. The first-order valence-electron chi connectivity index (χ1n) is 9.60. The molecule has 1 aromatic carbocycles. The van der Waals surface area contributed by atoms with Crippen molar-refractivity contribution < 1.29 is 23.8 Å². The van der Waals surface area contributed by atoms with Gasteiger partial charge in [-0.1, -0.05) is 26.7 Å². The molecule has 7 heteroatoms. The quantitative estimate of drug-likeness (QED) is 0.623. The number of aliphatic carboxylic acids is 1. The largest absolute Gasteiger partial charge is 0.548 e. The Balaban J connectivity index is 2.16. The van der Waals surface area contributed by atoms with Crippen molar-refractivity contribution in [1.29, 1.82) is 0 Å². The molecule has 0 radical (unpaired) electrons. The molecular weight excluding hydrogens is 362 g/mol. The number of hydrogen-bond donors (Lipinski definition) is 1. The predicted molar refractivity (Wildman–Crippen MR) is 103 cm³/mol. The lowest BCUT2D eigenvalue weighted by molar-refractivity contribution is -0.308. The zero-order valence-corrected chi connectivity index (χ0v) is 16.4. The van der Waals surface area contributed by atoms with Crippen molar-refractivity contribution in [2.45, 2.75) is 65.0 Å². The summed E-state index contributed by atoms with van der Waals surface area (Å²) in [7, 11) is 0. The van der Waals surface area contributed by atoms with E-state index in [0.29, 0.717) is 17.8 Å². The lowest BCUT2D eigenvalue weighted by Crippen LogP contribution is -2.51. The van der Waals surface area contributed by atoms with Gasteiger partial charge in [0.25, 0.3) is 5.91 Å². The van der Waals surface area contributed by atoms with E-state index >= 15 is 0 Å². The zero-order chi connectivity index (χ0) is 20.7. The van der Waals surface area contributed by atoms with Crippen molar-refractivity contribution in [2.24, 2.45) is 0 Å². The van der Waals surface area contributed by atoms with Gasteiger partial charge in [0.15, 0.2) is 6.10 Å². The molecule has 0 spiro atoms. The highest BCUT2D eigenvalue weighted by atomic mass is 16.5. The smallest absolute Gasteiger partial charge is 0.336 e. The average Bonchev–Trinajstić information content (AvgIpc) is 2.65. The van der Waals surface area contributed by atoms with Gasteiger partial charge in [-0.25, -0.2) is 4.79 Å². The number of benzene rings is 1. The lowest BCUT2D eigenvalue weighted by atomic mass is 10.0. The summed E-state index contributed by atoms with van der Waals surface area (Å²) in [6.07, 6.45) is 2.71. The Hall–Kier alpha value is -2.83. The number of hydrogen-bond acceptors (Lipinski definition) is 6. The molecule has 0 fully saturated rings. The van der Waals surface area contributed by atoms with Crippen LogP contribution in [-0.2, 0) is 16.0 Å². The standard InChI is InChI=1S/C21H27NO6/c1-4-6-8-14-11-19(23)28-18-12-15(9-10-16(14)18)27-13(3)20(24)22-17(7-5-2)21(25)26/h9-13,17H,4-8H2,1-3H3,(H,22,24)(H,25,26)/p-1/t13-,17-/m0/s1. The molecule has 1 aromatic heterocycles. The Labute approximate surface area is 163 Å². The van der Waals surface area contributed by atoms with Crippen LogP contribution in [0.3, 0.4) is 0 Å². The van der Waals surface area contributed by atoms with Gasteiger partial charge in [0, 0.05) is 17.5 Å². The van der Waals surface area contributed by atoms with E-state index in [1.165, 1.54) is 13.0 Å². The normalized spacial score (nSPS) is 13.1. The number of nitrogens with one attached hydrogen (secondary N) is 1. The van der Waals surface area contributed by atoms with E-state index in [9.17, 15) is 19.5 Å². The van der Waals surface area contributed by atoms with Crippen molar-refractivity contribution in [2.75, 3.05) is 0 Å². The van der Waals surface area contributed by atoms with E-state index in [1.807, 2.05) is 6.92 Å². The van der Waals surface area contributed by atoms with E-state index < -0.39 is 29.6 Å². The average molecular weight is 388 g/mol. The summed E-state index contributed by atoms with van der Waals surface area (Å²) < 4.78 is 10.9. The van der Waals surface area contributed by atoms with Gasteiger partial charge in [0.1, 0.15) is 11.3 Å². The number of carbonyl (C=O) groups is 2.